The Morgan fingerprint density at radius 2 is 1.56 bits per heavy atom. The standard InChI is InChI=1S/C14H26OSi/c1-13(2,16(3,4)5)11-12-14(15)9-7-6-8-10-14/h15H,6-10H2,1-5H3. The zero-order valence-electron chi connectivity index (χ0n) is 11.5. The average Bonchev–Trinajstić information content (AvgIpc) is 2.15. The van der Waals surface area contributed by atoms with Gasteiger partial charge in [-0.25, -0.2) is 0 Å². The van der Waals surface area contributed by atoms with Crippen molar-refractivity contribution in [1.82, 2.24) is 0 Å². The maximum absolute atomic E-state index is 10.3. The molecule has 16 heavy (non-hydrogen) atoms. The Morgan fingerprint density at radius 3 is 2.00 bits per heavy atom. The van der Waals surface area contributed by atoms with Crippen molar-refractivity contribution in [3.63, 3.8) is 0 Å². The van der Waals surface area contributed by atoms with Crippen LogP contribution in [0.5, 0.6) is 0 Å². The average molecular weight is 238 g/mol. The predicted molar refractivity (Wildman–Crippen MR) is 73.2 cm³/mol. The van der Waals surface area contributed by atoms with Crippen LogP contribution in [-0.4, -0.2) is 18.8 Å². The lowest BCUT2D eigenvalue weighted by molar-refractivity contribution is 0.0608. The van der Waals surface area contributed by atoms with Crippen molar-refractivity contribution in [1.29, 1.82) is 0 Å². The second-order valence-electron chi connectivity index (χ2n) is 6.72. The molecule has 0 heterocycles. The Kier molecular flexibility index (Phi) is 3.92. The number of hydrogen-bond donors (Lipinski definition) is 1. The highest BCUT2D eigenvalue weighted by Crippen LogP contribution is 2.36. The molecule has 1 rings (SSSR count). The van der Waals surface area contributed by atoms with Gasteiger partial charge in [0.25, 0.3) is 0 Å². The molecular weight excluding hydrogens is 212 g/mol. The van der Waals surface area contributed by atoms with Crippen LogP contribution in [0.25, 0.3) is 0 Å². The van der Waals surface area contributed by atoms with Crippen molar-refractivity contribution >= 4 is 8.07 Å². The molecular formula is C14H26OSi. The fraction of sp³-hybridized carbons (Fsp3) is 0.857. The van der Waals surface area contributed by atoms with E-state index < -0.39 is 13.7 Å². The van der Waals surface area contributed by atoms with Gasteiger partial charge in [0.05, 0.1) is 8.07 Å². The van der Waals surface area contributed by atoms with Gasteiger partial charge in [-0.05, 0) is 25.7 Å². The molecule has 1 aliphatic rings. The summed E-state index contributed by atoms with van der Waals surface area (Å²) in [5, 5.41) is 10.4. The highest BCUT2D eigenvalue weighted by molar-refractivity contribution is 6.79. The highest BCUT2D eigenvalue weighted by atomic mass is 28.3. The van der Waals surface area contributed by atoms with E-state index in [0.29, 0.717) is 0 Å². The summed E-state index contributed by atoms with van der Waals surface area (Å²) in [6.45, 7) is 11.5. The molecule has 0 unspecified atom stereocenters. The first-order chi connectivity index (χ1) is 7.16. The van der Waals surface area contributed by atoms with Crippen molar-refractivity contribution in [3.05, 3.63) is 0 Å². The molecule has 1 saturated carbocycles. The summed E-state index contributed by atoms with van der Waals surface area (Å²) in [4.78, 5) is 0. The third-order valence-electron chi connectivity index (χ3n) is 4.16. The van der Waals surface area contributed by atoms with Gasteiger partial charge >= 0.3 is 0 Å². The summed E-state index contributed by atoms with van der Waals surface area (Å²) >= 11 is 0. The van der Waals surface area contributed by atoms with E-state index in [-0.39, 0.29) is 5.04 Å². The van der Waals surface area contributed by atoms with Gasteiger partial charge in [0.1, 0.15) is 5.60 Å². The van der Waals surface area contributed by atoms with Gasteiger partial charge in [-0.3, -0.25) is 0 Å². The smallest absolute Gasteiger partial charge is 0.125 e. The molecule has 0 radical (unpaired) electrons. The fourth-order valence-corrected chi connectivity index (χ4v) is 2.16. The Hall–Kier alpha value is -0.263. The minimum Gasteiger partial charge on any atom is -0.378 e. The van der Waals surface area contributed by atoms with E-state index in [1.165, 1.54) is 6.42 Å². The van der Waals surface area contributed by atoms with E-state index in [1.807, 2.05) is 0 Å². The SMILES string of the molecule is CC(C)(C#CC1(O)CCCCC1)[Si](C)(C)C. The predicted octanol–water partition coefficient (Wildman–Crippen LogP) is 3.80. The summed E-state index contributed by atoms with van der Waals surface area (Å²) in [6, 6.07) is 0. The van der Waals surface area contributed by atoms with E-state index in [2.05, 4.69) is 45.3 Å². The molecule has 1 nitrogen and oxygen atoms in total. The maximum Gasteiger partial charge on any atom is 0.125 e. The molecule has 1 aliphatic carbocycles. The van der Waals surface area contributed by atoms with E-state index >= 15 is 0 Å². The lowest BCUT2D eigenvalue weighted by atomic mass is 9.85. The van der Waals surface area contributed by atoms with Gasteiger partial charge in [0, 0.05) is 5.04 Å². The summed E-state index contributed by atoms with van der Waals surface area (Å²) in [5.74, 6) is 6.56. The van der Waals surface area contributed by atoms with Crippen LogP contribution < -0.4 is 0 Å². The molecule has 1 N–H and O–H groups in total. The molecule has 0 spiro atoms. The van der Waals surface area contributed by atoms with Crippen LogP contribution in [0.3, 0.4) is 0 Å². The van der Waals surface area contributed by atoms with Gasteiger partial charge in [0.2, 0.25) is 0 Å². The van der Waals surface area contributed by atoms with E-state index in [9.17, 15) is 5.11 Å². The minimum atomic E-state index is -1.29. The van der Waals surface area contributed by atoms with Crippen molar-refractivity contribution in [3.8, 4) is 11.8 Å². The van der Waals surface area contributed by atoms with Gasteiger partial charge < -0.3 is 5.11 Å². The van der Waals surface area contributed by atoms with Crippen LogP contribution in [0.1, 0.15) is 46.0 Å². The first-order valence-electron chi connectivity index (χ1n) is 6.43. The number of hydrogen-bond acceptors (Lipinski definition) is 1. The molecule has 0 saturated heterocycles. The Labute approximate surface area is 102 Å². The van der Waals surface area contributed by atoms with Crippen molar-refractivity contribution < 1.29 is 5.11 Å². The molecule has 0 amide bonds. The lowest BCUT2D eigenvalue weighted by Crippen LogP contribution is -2.35. The molecule has 0 aromatic rings. The van der Waals surface area contributed by atoms with Crippen LogP contribution in [-0.2, 0) is 0 Å². The van der Waals surface area contributed by atoms with E-state index in [4.69, 9.17) is 0 Å². The Morgan fingerprint density at radius 1 is 1.06 bits per heavy atom. The Balaban J connectivity index is 2.80. The molecule has 2 heteroatoms. The van der Waals surface area contributed by atoms with Gasteiger partial charge in [-0.15, -0.1) is 0 Å². The maximum atomic E-state index is 10.3. The molecule has 92 valence electrons. The third-order valence-corrected chi connectivity index (χ3v) is 8.04. The third kappa shape index (κ3) is 3.36. The van der Waals surface area contributed by atoms with Gasteiger partial charge in [0.15, 0.2) is 0 Å². The molecule has 0 bridgehead atoms. The highest BCUT2D eigenvalue weighted by Gasteiger charge is 2.34. The summed E-state index contributed by atoms with van der Waals surface area (Å²) in [5.41, 5.74) is -0.685. The molecule has 0 aromatic carbocycles. The summed E-state index contributed by atoms with van der Waals surface area (Å²) in [7, 11) is -1.29. The van der Waals surface area contributed by atoms with Crippen molar-refractivity contribution in [2.75, 3.05) is 0 Å². The van der Waals surface area contributed by atoms with Crippen LogP contribution in [0.4, 0.5) is 0 Å². The zero-order valence-corrected chi connectivity index (χ0v) is 12.5. The molecule has 0 atom stereocenters. The minimum absolute atomic E-state index is 0.0835. The largest absolute Gasteiger partial charge is 0.378 e. The second-order valence-corrected chi connectivity index (χ2v) is 12.5. The topological polar surface area (TPSA) is 20.2 Å². The van der Waals surface area contributed by atoms with Gasteiger partial charge in [-0.1, -0.05) is 51.8 Å². The van der Waals surface area contributed by atoms with E-state index in [1.54, 1.807) is 0 Å². The molecule has 1 fully saturated rings. The fourth-order valence-electron chi connectivity index (χ4n) is 1.72. The summed E-state index contributed by atoms with van der Waals surface area (Å²) < 4.78 is 0. The molecule has 0 aliphatic heterocycles. The van der Waals surface area contributed by atoms with Crippen LogP contribution in [0, 0.1) is 11.8 Å². The van der Waals surface area contributed by atoms with Crippen LogP contribution >= 0.6 is 0 Å². The first-order valence-corrected chi connectivity index (χ1v) is 9.93. The first kappa shape index (κ1) is 13.8. The second kappa shape index (κ2) is 4.54. The van der Waals surface area contributed by atoms with Crippen molar-refractivity contribution in [2.45, 2.75) is 76.2 Å². The molecule has 0 aromatic heterocycles. The van der Waals surface area contributed by atoms with Gasteiger partial charge in [-0.2, -0.15) is 0 Å². The van der Waals surface area contributed by atoms with Crippen molar-refractivity contribution in [2.24, 2.45) is 0 Å². The Bertz CT molecular complexity index is 295. The van der Waals surface area contributed by atoms with Crippen LogP contribution in [0.2, 0.25) is 24.7 Å². The normalized spacial score (nSPS) is 21.1. The monoisotopic (exact) mass is 238 g/mol. The number of aliphatic hydroxyl groups is 1. The quantitative estimate of drug-likeness (QED) is 0.544. The van der Waals surface area contributed by atoms with E-state index in [0.717, 1.165) is 25.7 Å². The van der Waals surface area contributed by atoms with Crippen LogP contribution in [0.15, 0.2) is 0 Å². The zero-order chi connectivity index (χ0) is 12.4. The summed E-state index contributed by atoms with van der Waals surface area (Å²) in [6.07, 6.45) is 5.22. The lowest BCUT2D eigenvalue weighted by Gasteiger charge is -2.33. The number of rotatable bonds is 1.